The van der Waals surface area contributed by atoms with Gasteiger partial charge in [-0.2, -0.15) is 0 Å². The fraction of sp³-hybridized carbons (Fsp3) is 0.467. The zero-order chi connectivity index (χ0) is 14.3. The second-order valence-electron chi connectivity index (χ2n) is 5.42. The van der Waals surface area contributed by atoms with Crippen molar-refractivity contribution < 1.29 is 9.90 Å². The van der Waals surface area contributed by atoms with E-state index in [4.69, 9.17) is 4.98 Å². The Morgan fingerprint density at radius 1 is 1.35 bits per heavy atom. The lowest BCUT2D eigenvalue weighted by Gasteiger charge is -2.32. The number of benzene rings is 1. The Bertz CT molecular complexity index is 626. The molecule has 0 radical (unpaired) electrons. The van der Waals surface area contributed by atoms with Gasteiger partial charge in [-0.15, -0.1) is 0 Å². The largest absolute Gasteiger partial charge is 0.480 e. The lowest BCUT2D eigenvalue weighted by Crippen LogP contribution is -2.44. The Balaban J connectivity index is 2.07. The molecule has 4 nitrogen and oxygen atoms in total. The number of nitrogens with zero attached hydrogens (tertiary/aromatic N) is 2. The first-order valence-corrected chi connectivity index (χ1v) is 7.76. The molecule has 1 aromatic heterocycles. The summed E-state index contributed by atoms with van der Waals surface area (Å²) in [5.74, 6) is -0.739. The van der Waals surface area contributed by atoms with Crippen molar-refractivity contribution in [2.75, 3.05) is 11.4 Å². The van der Waals surface area contributed by atoms with E-state index in [1.54, 1.807) is 11.3 Å². The number of anilines is 1. The summed E-state index contributed by atoms with van der Waals surface area (Å²) in [6.07, 6.45) is 2.73. The highest BCUT2D eigenvalue weighted by atomic mass is 32.1. The molecule has 2 aromatic rings. The Hall–Kier alpha value is -1.62. The average molecular weight is 290 g/mol. The number of carbonyl (C=O) groups is 1. The first kappa shape index (κ1) is 13.4. The van der Waals surface area contributed by atoms with Gasteiger partial charge in [0, 0.05) is 6.54 Å². The van der Waals surface area contributed by atoms with Crippen molar-refractivity contribution >= 4 is 32.7 Å². The molecule has 20 heavy (non-hydrogen) atoms. The smallest absolute Gasteiger partial charge is 0.326 e. The third kappa shape index (κ3) is 2.16. The van der Waals surface area contributed by atoms with Crippen LogP contribution in [0.3, 0.4) is 0 Å². The molecule has 1 saturated heterocycles. The van der Waals surface area contributed by atoms with Crippen LogP contribution in [0.5, 0.6) is 0 Å². The van der Waals surface area contributed by atoms with Gasteiger partial charge in [0.05, 0.1) is 10.2 Å². The lowest BCUT2D eigenvalue weighted by molar-refractivity contribution is -0.139. The van der Waals surface area contributed by atoms with Crippen LogP contribution >= 0.6 is 11.3 Å². The molecule has 1 aliphatic heterocycles. The molecule has 0 bridgehead atoms. The monoisotopic (exact) mass is 290 g/mol. The van der Waals surface area contributed by atoms with E-state index in [-0.39, 0.29) is 0 Å². The lowest BCUT2D eigenvalue weighted by atomic mass is 10.0. The molecule has 1 aliphatic rings. The molecule has 1 fully saturated rings. The number of piperidine rings is 1. The predicted molar refractivity (Wildman–Crippen MR) is 81.7 cm³/mol. The summed E-state index contributed by atoms with van der Waals surface area (Å²) in [6, 6.07) is 3.75. The molecule has 1 unspecified atom stereocenters. The fourth-order valence-electron chi connectivity index (χ4n) is 2.79. The van der Waals surface area contributed by atoms with Gasteiger partial charge in [-0.05, 0) is 44.2 Å². The summed E-state index contributed by atoms with van der Waals surface area (Å²) < 4.78 is 1.18. The number of carboxylic acid groups (broad SMARTS) is 1. The number of hydrogen-bond donors (Lipinski definition) is 1. The maximum absolute atomic E-state index is 11.4. The van der Waals surface area contributed by atoms with Gasteiger partial charge in [-0.1, -0.05) is 23.5 Å². The molecule has 106 valence electrons. The average Bonchev–Trinajstić information content (AvgIpc) is 2.89. The van der Waals surface area contributed by atoms with Crippen molar-refractivity contribution in [2.45, 2.75) is 39.2 Å². The van der Waals surface area contributed by atoms with E-state index in [0.29, 0.717) is 6.42 Å². The summed E-state index contributed by atoms with van der Waals surface area (Å²) in [6.45, 7) is 4.92. The number of fused-ring (bicyclic) bond motifs is 1. The number of aromatic nitrogens is 1. The fourth-order valence-corrected chi connectivity index (χ4v) is 3.98. The highest BCUT2D eigenvalue weighted by Gasteiger charge is 2.30. The van der Waals surface area contributed by atoms with Gasteiger partial charge < -0.3 is 10.0 Å². The van der Waals surface area contributed by atoms with Gasteiger partial charge in [0.1, 0.15) is 6.04 Å². The zero-order valence-electron chi connectivity index (χ0n) is 11.7. The number of hydrogen-bond acceptors (Lipinski definition) is 4. The molecule has 3 rings (SSSR count). The third-order valence-corrected chi connectivity index (χ3v) is 5.19. The summed E-state index contributed by atoms with van der Waals surface area (Å²) in [5, 5.41) is 10.2. The minimum atomic E-state index is -0.739. The minimum Gasteiger partial charge on any atom is -0.480 e. The molecule has 2 heterocycles. The van der Waals surface area contributed by atoms with E-state index in [0.717, 1.165) is 35.6 Å². The second kappa shape index (κ2) is 5.05. The Labute approximate surface area is 122 Å². The quantitative estimate of drug-likeness (QED) is 0.921. The molecule has 1 aromatic carbocycles. The molecule has 0 spiro atoms. The number of aliphatic carboxylic acids is 1. The Morgan fingerprint density at radius 3 is 2.80 bits per heavy atom. The molecular formula is C15H18N2O2S. The SMILES string of the molecule is Cc1ccc(C)c2sc(N3CCCCC3C(=O)O)nc12. The van der Waals surface area contributed by atoms with E-state index in [1.807, 2.05) is 4.90 Å². The van der Waals surface area contributed by atoms with Crippen LogP contribution in [0.25, 0.3) is 10.2 Å². The van der Waals surface area contributed by atoms with Crippen molar-refractivity contribution in [1.82, 2.24) is 4.98 Å². The predicted octanol–water partition coefficient (Wildman–Crippen LogP) is 3.36. The maximum atomic E-state index is 11.4. The van der Waals surface area contributed by atoms with Gasteiger partial charge in [0.2, 0.25) is 0 Å². The molecule has 0 saturated carbocycles. The van der Waals surface area contributed by atoms with E-state index in [9.17, 15) is 9.90 Å². The normalized spacial score (nSPS) is 19.5. The first-order chi connectivity index (χ1) is 9.58. The van der Waals surface area contributed by atoms with Crippen LogP contribution in [-0.4, -0.2) is 28.6 Å². The standard InChI is InChI=1S/C15H18N2O2S/c1-9-6-7-10(2)13-12(9)16-15(20-13)17-8-4-3-5-11(17)14(18)19/h6-7,11H,3-5,8H2,1-2H3,(H,18,19). The molecular weight excluding hydrogens is 272 g/mol. The van der Waals surface area contributed by atoms with Crippen LogP contribution < -0.4 is 4.90 Å². The van der Waals surface area contributed by atoms with Crippen LogP contribution in [0.1, 0.15) is 30.4 Å². The van der Waals surface area contributed by atoms with Crippen LogP contribution in [0, 0.1) is 13.8 Å². The highest BCUT2D eigenvalue weighted by molar-refractivity contribution is 7.22. The van der Waals surface area contributed by atoms with Crippen LogP contribution in [0.4, 0.5) is 5.13 Å². The summed E-state index contributed by atoms with van der Waals surface area (Å²) >= 11 is 1.62. The number of thiazole rings is 1. The molecule has 0 amide bonds. The summed E-state index contributed by atoms with van der Waals surface area (Å²) in [5.41, 5.74) is 3.37. The van der Waals surface area contributed by atoms with E-state index in [1.165, 1.54) is 10.3 Å². The van der Waals surface area contributed by atoms with Crippen molar-refractivity contribution in [3.63, 3.8) is 0 Å². The minimum absolute atomic E-state index is 0.426. The van der Waals surface area contributed by atoms with Gasteiger partial charge >= 0.3 is 5.97 Å². The van der Waals surface area contributed by atoms with Crippen LogP contribution in [-0.2, 0) is 4.79 Å². The van der Waals surface area contributed by atoms with Crippen molar-refractivity contribution in [2.24, 2.45) is 0 Å². The number of aryl methyl sites for hydroxylation is 2. The molecule has 5 heteroatoms. The van der Waals surface area contributed by atoms with Crippen molar-refractivity contribution in [3.8, 4) is 0 Å². The zero-order valence-corrected chi connectivity index (χ0v) is 12.5. The first-order valence-electron chi connectivity index (χ1n) is 6.94. The van der Waals surface area contributed by atoms with Gasteiger partial charge in [0.25, 0.3) is 0 Å². The number of carboxylic acids is 1. The summed E-state index contributed by atoms with van der Waals surface area (Å²) in [7, 11) is 0. The number of rotatable bonds is 2. The molecule has 1 atom stereocenters. The highest BCUT2D eigenvalue weighted by Crippen LogP contribution is 2.35. The third-order valence-electron chi connectivity index (χ3n) is 3.96. The van der Waals surface area contributed by atoms with Gasteiger partial charge in [-0.25, -0.2) is 9.78 Å². The molecule has 1 N–H and O–H groups in total. The van der Waals surface area contributed by atoms with E-state index < -0.39 is 12.0 Å². The Kier molecular flexibility index (Phi) is 3.38. The van der Waals surface area contributed by atoms with Crippen molar-refractivity contribution in [3.05, 3.63) is 23.3 Å². The molecule has 0 aliphatic carbocycles. The summed E-state index contributed by atoms with van der Waals surface area (Å²) in [4.78, 5) is 18.1. The van der Waals surface area contributed by atoms with E-state index in [2.05, 4.69) is 26.0 Å². The van der Waals surface area contributed by atoms with Crippen molar-refractivity contribution in [1.29, 1.82) is 0 Å². The Morgan fingerprint density at radius 2 is 2.10 bits per heavy atom. The van der Waals surface area contributed by atoms with E-state index >= 15 is 0 Å². The maximum Gasteiger partial charge on any atom is 0.326 e. The van der Waals surface area contributed by atoms with Gasteiger partial charge in [0.15, 0.2) is 5.13 Å². The van der Waals surface area contributed by atoms with Crippen LogP contribution in [0.2, 0.25) is 0 Å². The van der Waals surface area contributed by atoms with Crippen LogP contribution in [0.15, 0.2) is 12.1 Å². The topological polar surface area (TPSA) is 53.4 Å². The second-order valence-corrected chi connectivity index (χ2v) is 6.39. The van der Waals surface area contributed by atoms with Gasteiger partial charge in [-0.3, -0.25) is 0 Å².